The molecule has 7 nitrogen and oxygen atoms in total. The molecule has 2 aromatic rings. The van der Waals surface area contributed by atoms with Gasteiger partial charge in [-0.1, -0.05) is 0 Å². The van der Waals surface area contributed by atoms with E-state index < -0.39 is 0 Å². The molecule has 112 valence electrons. The molecule has 3 heterocycles. The smallest absolute Gasteiger partial charge is 0.274 e. The maximum atomic E-state index is 12.6. The average molecular weight is 289 g/mol. The molecule has 0 radical (unpaired) electrons. The van der Waals surface area contributed by atoms with Crippen molar-refractivity contribution in [3.05, 3.63) is 29.2 Å². The van der Waals surface area contributed by atoms with Gasteiger partial charge in [0.2, 0.25) is 11.8 Å². The first kappa shape index (κ1) is 13.8. The highest BCUT2D eigenvalue weighted by Gasteiger charge is 2.36. The fraction of sp³-hybridized carbons (Fsp3) is 0.571. The molecular weight excluding hydrogens is 270 g/mol. The van der Waals surface area contributed by atoms with Gasteiger partial charge in [0.25, 0.3) is 5.91 Å². The van der Waals surface area contributed by atoms with Crippen molar-refractivity contribution < 1.29 is 9.21 Å². The summed E-state index contributed by atoms with van der Waals surface area (Å²) in [6.45, 7) is 6.42. The van der Waals surface area contributed by atoms with Gasteiger partial charge in [-0.2, -0.15) is 5.10 Å². The van der Waals surface area contributed by atoms with E-state index in [4.69, 9.17) is 4.42 Å². The van der Waals surface area contributed by atoms with Gasteiger partial charge >= 0.3 is 0 Å². The Bertz CT molecular complexity index is 647. The molecule has 21 heavy (non-hydrogen) atoms. The lowest BCUT2D eigenvalue weighted by molar-refractivity contribution is 0.0576. The zero-order valence-corrected chi connectivity index (χ0v) is 12.5. The Balaban J connectivity index is 1.81. The molecule has 1 amide bonds. The van der Waals surface area contributed by atoms with E-state index in [9.17, 15) is 4.79 Å². The molecule has 1 aliphatic heterocycles. The number of aromatic nitrogens is 4. The van der Waals surface area contributed by atoms with E-state index in [2.05, 4.69) is 20.4 Å². The molecule has 1 saturated heterocycles. The maximum Gasteiger partial charge on any atom is 0.274 e. The summed E-state index contributed by atoms with van der Waals surface area (Å²) in [5.74, 6) is 1.22. The van der Waals surface area contributed by atoms with Crippen molar-refractivity contribution in [2.24, 2.45) is 0 Å². The highest BCUT2D eigenvalue weighted by molar-refractivity contribution is 5.92. The minimum absolute atomic E-state index is 0.0168. The molecule has 2 atom stereocenters. The molecule has 1 N–H and O–H groups in total. The first-order valence-electron chi connectivity index (χ1n) is 7.19. The monoisotopic (exact) mass is 289 g/mol. The Labute approximate surface area is 122 Å². The number of likely N-dealkylation sites (tertiary alicyclic amines) is 1. The number of hydrogen-bond acceptors (Lipinski definition) is 5. The number of carbonyl (C=O) groups excluding carboxylic acids is 1. The van der Waals surface area contributed by atoms with Crippen molar-refractivity contribution in [2.45, 2.75) is 45.6 Å². The number of aryl methyl sites for hydroxylation is 2. The van der Waals surface area contributed by atoms with Crippen LogP contribution in [-0.2, 0) is 0 Å². The summed E-state index contributed by atoms with van der Waals surface area (Å²) in [4.78, 5) is 14.4. The Morgan fingerprint density at radius 3 is 2.86 bits per heavy atom. The zero-order valence-electron chi connectivity index (χ0n) is 12.5. The minimum Gasteiger partial charge on any atom is -0.425 e. The van der Waals surface area contributed by atoms with Crippen LogP contribution >= 0.6 is 0 Å². The van der Waals surface area contributed by atoms with Crippen LogP contribution < -0.4 is 0 Å². The highest BCUT2D eigenvalue weighted by atomic mass is 16.4. The molecule has 2 aromatic heterocycles. The van der Waals surface area contributed by atoms with E-state index in [1.54, 1.807) is 13.0 Å². The molecule has 3 rings (SSSR count). The number of nitrogens with zero attached hydrogens (tertiary/aromatic N) is 4. The van der Waals surface area contributed by atoms with Crippen molar-refractivity contribution in [3.63, 3.8) is 0 Å². The molecule has 0 unspecified atom stereocenters. The van der Waals surface area contributed by atoms with Crippen LogP contribution in [0, 0.1) is 13.8 Å². The SMILES string of the molecule is Cc1cc(C(=O)N2CCC[C@H](c3nnc(C)o3)[C@@H]2C)n[nH]1. The van der Waals surface area contributed by atoms with Crippen LogP contribution in [0.2, 0.25) is 0 Å². The first-order chi connectivity index (χ1) is 10.1. The normalized spacial score (nSPS) is 22.5. The van der Waals surface area contributed by atoms with Gasteiger partial charge in [0.1, 0.15) is 5.69 Å². The topological polar surface area (TPSA) is 87.9 Å². The number of rotatable bonds is 2. The minimum atomic E-state index is -0.0483. The summed E-state index contributed by atoms with van der Waals surface area (Å²) in [5, 5.41) is 14.9. The van der Waals surface area contributed by atoms with Crippen molar-refractivity contribution in [1.29, 1.82) is 0 Å². The predicted octanol–water partition coefficient (Wildman–Crippen LogP) is 1.82. The van der Waals surface area contributed by atoms with Gasteiger partial charge in [0, 0.05) is 25.2 Å². The predicted molar refractivity (Wildman–Crippen MR) is 74.8 cm³/mol. The van der Waals surface area contributed by atoms with Crippen molar-refractivity contribution in [3.8, 4) is 0 Å². The van der Waals surface area contributed by atoms with Crippen LogP contribution in [0.25, 0.3) is 0 Å². The van der Waals surface area contributed by atoms with E-state index in [0.29, 0.717) is 17.5 Å². The molecule has 0 aliphatic carbocycles. The number of hydrogen-bond donors (Lipinski definition) is 1. The number of amides is 1. The van der Waals surface area contributed by atoms with Crippen LogP contribution in [0.5, 0.6) is 0 Å². The largest absolute Gasteiger partial charge is 0.425 e. The van der Waals surface area contributed by atoms with E-state index in [-0.39, 0.29) is 17.9 Å². The summed E-state index contributed by atoms with van der Waals surface area (Å²) in [5.41, 5.74) is 1.34. The third-order valence-electron chi connectivity index (χ3n) is 4.03. The van der Waals surface area contributed by atoms with Gasteiger partial charge in [-0.05, 0) is 32.8 Å². The Hall–Kier alpha value is -2.18. The van der Waals surface area contributed by atoms with Gasteiger partial charge in [-0.3, -0.25) is 9.89 Å². The van der Waals surface area contributed by atoms with Crippen molar-refractivity contribution >= 4 is 5.91 Å². The third kappa shape index (κ3) is 2.55. The second-order valence-corrected chi connectivity index (χ2v) is 5.58. The second-order valence-electron chi connectivity index (χ2n) is 5.58. The van der Waals surface area contributed by atoms with Crippen LogP contribution in [0.1, 0.15) is 53.6 Å². The van der Waals surface area contributed by atoms with Crippen molar-refractivity contribution in [2.75, 3.05) is 6.54 Å². The van der Waals surface area contributed by atoms with Gasteiger partial charge in [0.15, 0.2) is 0 Å². The highest BCUT2D eigenvalue weighted by Crippen LogP contribution is 2.32. The molecule has 0 spiro atoms. The lowest BCUT2D eigenvalue weighted by Crippen LogP contribution is -2.46. The number of carbonyl (C=O) groups is 1. The maximum absolute atomic E-state index is 12.6. The van der Waals surface area contributed by atoms with E-state index >= 15 is 0 Å². The number of nitrogens with one attached hydrogen (secondary N) is 1. The zero-order chi connectivity index (χ0) is 15.0. The van der Waals surface area contributed by atoms with Crippen LogP contribution in [0.4, 0.5) is 0 Å². The van der Waals surface area contributed by atoms with Crippen LogP contribution in [0.3, 0.4) is 0 Å². The summed E-state index contributed by atoms with van der Waals surface area (Å²) < 4.78 is 5.55. The Morgan fingerprint density at radius 2 is 2.24 bits per heavy atom. The second kappa shape index (κ2) is 5.31. The lowest BCUT2D eigenvalue weighted by Gasteiger charge is -2.37. The summed E-state index contributed by atoms with van der Waals surface area (Å²) in [6, 6.07) is 1.79. The number of piperidine rings is 1. The standard InChI is InChI=1S/C14H19N5O2/c1-8-7-12(17-15-8)14(20)19-6-4-5-11(9(19)2)13-18-16-10(3)21-13/h7,9,11H,4-6H2,1-3H3,(H,15,17)/t9-,11-/m0/s1. The molecule has 0 bridgehead atoms. The van der Waals surface area contributed by atoms with Crippen molar-refractivity contribution in [1.82, 2.24) is 25.3 Å². The third-order valence-corrected chi connectivity index (χ3v) is 4.03. The summed E-state index contributed by atoms with van der Waals surface area (Å²) in [6.07, 6.45) is 1.87. The quantitative estimate of drug-likeness (QED) is 0.911. The Morgan fingerprint density at radius 1 is 1.43 bits per heavy atom. The average Bonchev–Trinajstić information content (AvgIpc) is 3.07. The molecule has 0 aromatic carbocycles. The molecular formula is C14H19N5O2. The van der Waals surface area contributed by atoms with Crippen LogP contribution in [0.15, 0.2) is 10.5 Å². The van der Waals surface area contributed by atoms with Gasteiger partial charge in [-0.15, -0.1) is 10.2 Å². The van der Waals surface area contributed by atoms with Gasteiger partial charge in [0.05, 0.1) is 5.92 Å². The fourth-order valence-corrected chi connectivity index (χ4v) is 2.90. The lowest BCUT2D eigenvalue weighted by atomic mass is 9.90. The molecule has 7 heteroatoms. The summed E-state index contributed by atoms with van der Waals surface area (Å²) in [7, 11) is 0. The van der Waals surface area contributed by atoms with Crippen LogP contribution in [-0.4, -0.2) is 43.8 Å². The van der Waals surface area contributed by atoms with Gasteiger partial charge < -0.3 is 9.32 Å². The molecule has 1 fully saturated rings. The first-order valence-corrected chi connectivity index (χ1v) is 7.19. The fourth-order valence-electron chi connectivity index (χ4n) is 2.90. The number of H-pyrrole nitrogens is 1. The summed E-state index contributed by atoms with van der Waals surface area (Å²) >= 11 is 0. The Kier molecular flexibility index (Phi) is 3.48. The molecule has 0 saturated carbocycles. The van der Waals surface area contributed by atoms with E-state index in [0.717, 1.165) is 25.1 Å². The molecule has 1 aliphatic rings. The number of aromatic amines is 1. The van der Waals surface area contributed by atoms with Gasteiger partial charge in [-0.25, -0.2) is 0 Å². The van der Waals surface area contributed by atoms with E-state index in [1.807, 2.05) is 18.7 Å². The van der Waals surface area contributed by atoms with E-state index in [1.165, 1.54) is 0 Å².